The van der Waals surface area contributed by atoms with Crippen LogP contribution in [0.3, 0.4) is 0 Å². The van der Waals surface area contributed by atoms with Gasteiger partial charge in [-0.25, -0.2) is 0 Å². The SMILES string of the molecule is CCC1(CC)CC(C)(C)c2c(Br)c3c(c(Br)c21)C(CC)(CC)CC3(C)C. The molecule has 0 heterocycles. The summed E-state index contributed by atoms with van der Waals surface area (Å²) in [5, 5.41) is 0. The molecule has 2 aliphatic rings. The van der Waals surface area contributed by atoms with Crippen LogP contribution in [0, 0.1) is 0 Å². The van der Waals surface area contributed by atoms with Crippen molar-refractivity contribution < 1.29 is 0 Å². The highest BCUT2D eigenvalue weighted by Crippen LogP contribution is 2.65. The third-order valence-electron chi connectivity index (χ3n) is 8.06. The van der Waals surface area contributed by atoms with Crippen LogP contribution in [0.5, 0.6) is 0 Å². The van der Waals surface area contributed by atoms with Gasteiger partial charge in [-0.05, 0) is 82.4 Å². The first kappa shape index (κ1) is 20.9. The van der Waals surface area contributed by atoms with E-state index in [0.29, 0.717) is 10.8 Å². The van der Waals surface area contributed by atoms with Gasteiger partial charge in [0.2, 0.25) is 0 Å². The van der Waals surface area contributed by atoms with E-state index in [0.717, 1.165) is 0 Å². The Kier molecular flexibility index (Phi) is 5.10. The number of halogens is 2. The van der Waals surface area contributed by atoms with Crippen molar-refractivity contribution in [3.63, 3.8) is 0 Å². The van der Waals surface area contributed by atoms with E-state index in [2.05, 4.69) is 87.2 Å². The van der Waals surface area contributed by atoms with Gasteiger partial charge in [-0.2, -0.15) is 0 Å². The van der Waals surface area contributed by atoms with Gasteiger partial charge in [-0.3, -0.25) is 0 Å². The summed E-state index contributed by atoms with van der Waals surface area (Å²) in [5.74, 6) is 0. The first-order chi connectivity index (χ1) is 12.0. The van der Waals surface area contributed by atoms with Gasteiger partial charge in [0.25, 0.3) is 0 Å². The maximum Gasteiger partial charge on any atom is 0.0257 e. The van der Waals surface area contributed by atoms with Crippen LogP contribution in [0.15, 0.2) is 8.95 Å². The summed E-state index contributed by atoms with van der Waals surface area (Å²) < 4.78 is 2.88. The molecule has 0 amide bonds. The molecule has 0 saturated carbocycles. The Bertz CT molecular complexity index is 672. The Hall–Kier alpha value is 0.180. The van der Waals surface area contributed by atoms with Crippen molar-refractivity contribution in [1.82, 2.24) is 0 Å². The lowest BCUT2D eigenvalue weighted by Crippen LogP contribution is -2.26. The maximum atomic E-state index is 4.21. The molecule has 26 heavy (non-hydrogen) atoms. The molecule has 3 rings (SSSR count). The van der Waals surface area contributed by atoms with E-state index < -0.39 is 0 Å². The molecule has 0 fully saturated rings. The number of hydrogen-bond donors (Lipinski definition) is 0. The topological polar surface area (TPSA) is 0 Å². The third-order valence-corrected chi connectivity index (χ3v) is 9.65. The van der Waals surface area contributed by atoms with Gasteiger partial charge in [0.15, 0.2) is 0 Å². The fourth-order valence-corrected chi connectivity index (χ4v) is 9.42. The van der Waals surface area contributed by atoms with Crippen LogP contribution < -0.4 is 0 Å². The maximum absolute atomic E-state index is 4.21. The second kappa shape index (κ2) is 6.34. The minimum atomic E-state index is 0.220. The predicted octanol–water partition coefficient (Wildman–Crippen LogP) is 8.69. The van der Waals surface area contributed by atoms with E-state index >= 15 is 0 Å². The lowest BCUT2D eigenvalue weighted by atomic mass is 9.72. The summed E-state index contributed by atoms with van der Waals surface area (Å²) in [6.45, 7) is 19.4. The summed E-state index contributed by atoms with van der Waals surface area (Å²) >= 11 is 8.38. The number of fused-ring (bicyclic) bond motifs is 2. The van der Waals surface area contributed by atoms with Crippen LogP contribution >= 0.6 is 31.9 Å². The van der Waals surface area contributed by atoms with Crippen molar-refractivity contribution in [2.75, 3.05) is 0 Å². The Morgan fingerprint density at radius 3 is 1.12 bits per heavy atom. The Balaban J connectivity index is 2.50. The predicted molar refractivity (Wildman–Crippen MR) is 122 cm³/mol. The molecule has 0 aromatic heterocycles. The molecule has 0 bridgehead atoms. The third kappa shape index (κ3) is 2.49. The molecule has 0 N–H and O–H groups in total. The lowest BCUT2D eigenvalue weighted by molar-refractivity contribution is 0.320. The summed E-state index contributed by atoms with van der Waals surface area (Å²) in [6, 6.07) is 0. The minimum Gasteiger partial charge on any atom is -0.0645 e. The molecule has 146 valence electrons. The highest BCUT2D eigenvalue weighted by Gasteiger charge is 2.55. The Morgan fingerprint density at radius 1 is 0.577 bits per heavy atom. The first-order valence-electron chi connectivity index (χ1n) is 10.5. The minimum absolute atomic E-state index is 0.220. The van der Waals surface area contributed by atoms with Crippen LogP contribution in [-0.4, -0.2) is 0 Å². The van der Waals surface area contributed by atoms with E-state index in [1.54, 1.807) is 22.3 Å². The molecule has 0 spiro atoms. The second-order valence-corrected chi connectivity index (χ2v) is 11.8. The van der Waals surface area contributed by atoms with E-state index in [1.807, 2.05) is 0 Å². The van der Waals surface area contributed by atoms with Gasteiger partial charge in [0, 0.05) is 8.95 Å². The van der Waals surface area contributed by atoms with E-state index in [4.69, 9.17) is 0 Å². The molecular formula is C24H36Br2. The van der Waals surface area contributed by atoms with Gasteiger partial charge < -0.3 is 0 Å². The molecular weight excluding hydrogens is 448 g/mol. The average molecular weight is 484 g/mol. The molecule has 2 aliphatic carbocycles. The van der Waals surface area contributed by atoms with Crippen molar-refractivity contribution in [1.29, 1.82) is 0 Å². The molecule has 0 saturated heterocycles. The van der Waals surface area contributed by atoms with Crippen LogP contribution in [0.2, 0.25) is 0 Å². The smallest absolute Gasteiger partial charge is 0.0257 e. The van der Waals surface area contributed by atoms with Crippen LogP contribution in [-0.2, 0) is 21.7 Å². The van der Waals surface area contributed by atoms with E-state index in [1.165, 1.54) is 47.5 Å². The van der Waals surface area contributed by atoms with Gasteiger partial charge in [-0.15, -0.1) is 0 Å². The van der Waals surface area contributed by atoms with Crippen LogP contribution in [0.25, 0.3) is 0 Å². The lowest BCUT2D eigenvalue weighted by Gasteiger charge is -2.34. The highest BCUT2D eigenvalue weighted by atomic mass is 79.9. The van der Waals surface area contributed by atoms with Gasteiger partial charge in [0.05, 0.1) is 0 Å². The van der Waals surface area contributed by atoms with Crippen LogP contribution in [0.1, 0.15) is 116 Å². The van der Waals surface area contributed by atoms with Crippen molar-refractivity contribution in [2.45, 2.75) is 116 Å². The standard InChI is InChI=1S/C24H36Br2/c1-9-23(10-2)13-21(5,6)15-17(23)20(26)18-16(19(15)25)22(7,8)14-24(18,11-3)12-4/h9-14H2,1-8H3. The summed E-state index contributed by atoms with van der Waals surface area (Å²) in [5.41, 5.74) is 7.47. The summed E-state index contributed by atoms with van der Waals surface area (Å²) in [6.07, 6.45) is 7.40. The molecule has 1 aromatic carbocycles. The Labute approximate surface area is 178 Å². The fraction of sp³-hybridized carbons (Fsp3) is 0.750. The largest absolute Gasteiger partial charge is 0.0645 e. The molecule has 0 nitrogen and oxygen atoms in total. The molecule has 0 radical (unpaired) electrons. The van der Waals surface area contributed by atoms with Crippen molar-refractivity contribution in [3.8, 4) is 0 Å². The second-order valence-electron chi connectivity index (χ2n) is 10.2. The molecule has 0 aliphatic heterocycles. The molecule has 1 aromatic rings. The van der Waals surface area contributed by atoms with Gasteiger partial charge >= 0.3 is 0 Å². The average Bonchev–Trinajstić information content (AvgIpc) is 2.98. The number of benzene rings is 1. The molecule has 0 atom stereocenters. The molecule has 0 unspecified atom stereocenters. The number of rotatable bonds is 4. The van der Waals surface area contributed by atoms with E-state index in [-0.39, 0.29) is 10.8 Å². The van der Waals surface area contributed by atoms with Crippen molar-refractivity contribution in [3.05, 3.63) is 31.2 Å². The zero-order chi connectivity index (χ0) is 19.7. The summed E-state index contributed by atoms with van der Waals surface area (Å²) in [7, 11) is 0. The molecule has 2 heteroatoms. The first-order valence-corrected chi connectivity index (χ1v) is 12.1. The van der Waals surface area contributed by atoms with Gasteiger partial charge in [-0.1, -0.05) is 87.2 Å². The Morgan fingerprint density at radius 2 is 0.846 bits per heavy atom. The quantitative estimate of drug-likeness (QED) is 0.401. The van der Waals surface area contributed by atoms with E-state index in [9.17, 15) is 0 Å². The van der Waals surface area contributed by atoms with Gasteiger partial charge in [0.1, 0.15) is 0 Å². The van der Waals surface area contributed by atoms with Crippen LogP contribution in [0.4, 0.5) is 0 Å². The normalized spacial score (nSPS) is 23.8. The monoisotopic (exact) mass is 482 g/mol. The van der Waals surface area contributed by atoms with Crippen molar-refractivity contribution >= 4 is 31.9 Å². The zero-order valence-corrected chi connectivity index (χ0v) is 21.2. The fourth-order valence-electron chi connectivity index (χ4n) is 6.71. The summed E-state index contributed by atoms with van der Waals surface area (Å²) in [4.78, 5) is 0. The highest BCUT2D eigenvalue weighted by molar-refractivity contribution is 9.11. The zero-order valence-electron chi connectivity index (χ0n) is 18.0. The van der Waals surface area contributed by atoms with Crippen molar-refractivity contribution in [2.24, 2.45) is 0 Å². The number of hydrogen-bond acceptors (Lipinski definition) is 0.